The summed E-state index contributed by atoms with van der Waals surface area (Å²) in [6.45, 7) is -0.342. The fourth-order valence-corrected chi connectivity index (χ4v) is 1.39. The SMILES string of the molecule is CNC(CCOc1c(F)c(F)cc(F)c1F)C(N)=O. The van der Waals surface area contributed by atoms with Crippen molar-refractivity contribution in [3.05, 3.63) is 29.3 Å². The molecule has 1 aromatic rings. The minimum Gasteiger partial charge on any atom is -0.487 e. The van der Waals surface area contributed by atoms with Gasteiger partial charge in [-0.2, -0.15) is 8.78 Å². The second kappa shape index (κ2) is 6.37. The monoisotopic (exact) mass is 280 g/mol. The van der Waals surface area contributed by atoms with Crippen LogP contribution in [0, 0.1) is 23.3 Å². The highest BCUT2D eigenvalue weighted by Crippen LogP contribution is 2.26. The van der Waals surface area contributed by atoms with Crippen LogP contribution in [-0.2, 0) is 4.79 Å². The molecule has 1 rings (SSSR count). The van der Waals surface area contributed by atoms with Crippen molar-refractivity contribution < 1.29 is 27.1 Å². The zero-order chi connectivity index (χ0) is 14.6. The molecule has 3 N–H and O–H groups in total. The number of carbonyl (C=O) groups is 1. The molecule has 0 radical (unpaired) electrons. The maximum atomic E-state index is 13.2. The number of amides is 1. The van der Waals surface area contributed by atoms with E-state index in [-0.39, 0.29) is 19.1 Å². The van der Waals surface area contributed by atoms with Gasteiger partial charge in [0, 0.05) is 12.5 Å². The van der Waals surface area contributed by atoms with Crippen molar-refractivity contribution in [2.45, 2.75) is 12.5 Å². The molecule has 1 unspecified atom stereocenters. The van der Waals surface area contributed by atoms with Crippen LogP contribution < -0.4 is 15.8 Å². The quantitative estimate of drug-likeness (QED) is 0.605. The van der Waals surface area contributed by atoms with Crippen LogP contribution in [0.2, 0.25) is 0 Å². The molecule has 4 nitrogen and oxygen atoms in total. The number of nitrogens with one attached hydrogen (secondary N) is 1. The lowest BCUT2D eigenvalue weighted by molar-refractivity contribution is -0.120. The first-order valence-corrected chi connectivity index (χ1v) is 5.30. The highest BCUT2D eigenvalue weighted by atomic mass is 19.2. The Morgan fingerprint density at radius 3 is 2.26 bits per heavy atom. The first kappa shape index (κ1) is 15.2. The normalized spacial score (nSPS) is 12.3. The highest BCUT2D eigenvalue weighted by molar-refractivity contribution is 5.79. The lowest BCUT2D eigenvalue weighted by atomic mass is 10.2. The summed E-state index contributed by atoms with van der Waals surface area (Å²) < 4.78 is 56.7. The summed E-state index contributed by atoms with van der Waals surface area (Å²) in [5.41, 5.74) is 5.01. The number of hydrogen-bond acceptors (Lipinski definition) is 3. The lowest BCUT2D eigenvalue weighted by Gasteiger charge is -2.13. The molecule has 0 aliphatic rings. The van der Waals surface area contributed by atoms with Gasteiger partial charge in [0.1, 0.15) is 0 Å². The summed E-state index contributed by atoms with van der Waals surface area (Å²) in [5.74, 6) is -8.21. The molecule has 8 heteroatoms. The van der Waals surface area contributed by atoms with Crippen molar-refractivity contribution in [3.8, 4) is 5.75 Å². The highest BCUT2D eigenvalue weighted by Gasteiger charge is 2.21. The van der Waals surface area contributed by atoms with E-state index in [2.05, 4.69) is 10.1 Å². The topological polar surface area (TPSA) is 64.3 Å². The fourth-order valence-electron chi connectivity index (χ4n) is 1.39. The molecule has 0 saturated carbocycles. The summed E-state index contributed by atoms with van der Waals surface area (Å²) >= 11 is 0. The van der Waals surface area contributed by atoms with E-state index in [1.54, 1.807) is 0 Å². The zero-order valence-corrected chi connectivity index (χ0v) is 9.97. The number of carbonyl (C=O) groups excluding carboxylic acids is 1. The van der Waals surface area contributed by atoms with Crippen molar-refractivity contribution in [2.75, 3.05) is 13.7 Å². The molecule has 1 atom stereocenters. The third-order valence-corrected chi connectivity index (χ3v) is 2.42. The summed E-state index contributed by atoms with van der Waals surface area (Å²) in [6, 6.07) is -0.693. The molecule has 0 spiro atoms. The Morgan fingerprint density at radius 2 is 1.84 bits per heavy atom. The van der Waals surface area contributed by atoms with E-state index in [0.29, 0.717) is 0 Å². The fraction of sp³-hybridized carbons (Fsp3) is 0.364. The van der Waals surface area contributed by atoms with E-state index in [1.165, 1.54) is 7.05 Å². The van der Waals surface area contributed by atoms with Gasteiger partial charge in [0.05, 0.1) is 12.6 Å². The van der Waals surface area contributed by atoms with Gasteiger partial charge in [-0.1, -0.05) is 0 Å². The van der Waals surface area contributed by atoms with Crippen LogP contribution in [0.5, 0.6) is 5.75 Å². The molecule has 0 aliphatic heterocycles. The molecule has 0 aliphatic carbocycles. The van der Waals surface area contributed by atoms with Gasteiger partial charge < -0.3 is 15.8 Å². The maximum Gasteiger partial charge on any atom is 0.234 e. The van der Waals surface area contributed by atoms with Crippen LogP contribution in [0.15, 0.2) is 6.07 Å². The zero-order valence-electron chi connectivity index (χ0n) is 9.97. The number of halogens is 4. The second-order valence-corrected chi connectivity index (χ2v) is 3.68. The molecule has 1 aromatic carbocycles. The van der Waals surface area contributed by atoms with Crippen LogP contribution >= 0.6 is 0 Å². The Bertz CT molecular complexity index is 456. The molecule has 0 fully saturated rings. The van der Waals surface area contributed by atoms with Crippen LogP contribution in [0.3, 0.4) is 0 Å². The number of benzene rings is 1. The van der Waals surface area contributed by atoms with Gasteiger partial charge >= 0.3 is 0 Å². The van der Waals surface area contributed by atoms with Gasteiger partial charge in [0.25, 0.3) is 0 Å². The maximum absolute atomic E-state index is 13.2. The van der Waals surface area contributed by atoms with Crippen LogP contribution in [0.25, 0.3) is 0 Å². The number of primary amides is 1. The third kappa shape index (κ3) is 3.57. The smallest absolute Gasteiger partial charge is 0.234 e. The lowest BCUT2D eigenvalue weighted by Crippen LogP contribution is -2.40. The van der Waals surface area contributed by atoms with E-state index < -0.39 is 41.0 Å². The minimum absolute atomic E-state index is 0.0111. The Hall–Kier alpha value is -1.83. The summed E-state index contributed by atoms with van der Waals surface area (Å²) in [4.78, 5) is 10.9. The number of nitrogens with two attached hydrogens (primary N) is 1. The Kier molecular flexibility index (Phi) is 5.11. The standard InChI is InChI=1S/C11H12F4N2O2/c1-17-7(11(16)18)2-3-19-10-8(14)5(12)4-6(13)9(10)15/h4,7,17H,2-3H2,1H3,(H2,16,18). The van der Waals surface area contributed by atoms with E-state index in [1.807, 2.05) is 0 Å². The summed E-state index contributed by atoms with van der Waals surface area (Å²) in [6.07, 6.45) is -0.0111. The molecule has 0 heterocycles. The van der Waals surface area contributed by atoms with Gasteiger partial charge in [0.15, 0.2) is 17.4 Å². The van der Waals surface area contributed by atoms with E-state index in [0.717, 1.165) is 0 Å². The van der Waals surface area contributed by atoms with Crippen molar-refractivity contribution >= 4 is 5.91 Å². The number of hydrogen-bond donors (Lipinski definition) is 2. The third-order valence-electron chi connectivity index (χ3n) is 2.42. The van der Waals surface area contributed by atoms with Crippen molar-refractivity contribution in [2.24, 2.45) is 5.73 Å². The molecular weight excluding hydrogens is 268 g/mol. The van der Waals surface area contributed by atoms with E-state index >= 15 is 0 Å². The predicted molar refractivity (Wildman–Crippen MR) is 58.4 cm³/mol. The van der Waals surface area contributed by atoms with Crippen LogP contribution in [0.1, 0.15) is 6.42 Å². The Balaban J connectivity index is 2.76. The van der Waals surface area contributed by atoms with Crippen LogP contribution in [0.4, 0.5) is 17.6 Å². The Morgan fingerprint density at radius 1 is 1.32 bits per heavy atom. The van der Waals surface area contributed by atoms with Crippen molar-refractivity contribution in [3.63, 3.8) is 0 Å². The summed E-state index contributed by atoms with van der Waals surface area (Å²) in [7, 11) is 1.46. The van der Waals surface area contributed by atoms with Gasteiger partial charge in [-0.05, 0) is 7.05 Å². The van der Waals surface area contributed by atoms with Gasteiger partial charge in [0.2, 0.25) is 17.5 Å². The molecule has 19 heavy (non-hydrogen) atoms. The van der Waals surface area contributed by atoms with E-state index in [9.17, 15) is 22.4 Å². The van der Waals surface area contributed by atoms with Gasteiger partial charge in [-0.25, -0.2) is 8.78 Å². The average Bonchev–Trinajstić information content (AvgIpc) is 2.35. The van der Waals surface area contributed by atoms with Crippen molar-refractivity contribution in [1.82, 2.24) is 5.32 Å². The molecule has 1 amide bonds. The first-order chi connectivity index (χ1) is 8.88. The Labute approximate surface area is 106 Å². The average molecular weight is 280 g/mol. The first-order valence-electron chi connectivity index (χ1n) is 5.30. The van der Waals surface area contributed by atoms with Crippen molar-refractivity contribution in [1.29, 1.82) is 0 Å². The molecule has 0 bridgehead atoms. The second-order valence-electron chi connectivity index (χ2n) is 3.68. The minimum atomic E-state index is -1.63. The summed E-state index contributed by atoms with van der Waals surface area (Å²) in [5, 5.41) is 2.55. The number of ether oxygens (including phenoxy) is 1. The molecular formula is C11H12F4N2O2. The number of likely N-dealkylation sites (N-methyl/N-ethyl adjacent to an activating group) is 1. The largest absolute Gasteiger partial charge is 0.487 e. The van der Waals surface area contributed by atoms with Gasteiger partial charge in [-0.15, -0.1) is 0 Å². The van der Waals surface area contributed by atoms with E-state index in [4.69, 9.17) is 5.73 Å². The van der Waals surface area contributed by atoms with Crippen LogP contribution in [-0.4, -0.2) is 25.6 Å². The molecule has 0 saturated heterocycles. The molecule has 106 valence electrons. The van der Waals surface area contributed by atoms with Gasteiger partial charge in [-0.3, -0.25) is 4.79 Å². The number of rotatable bonds is 6. The predicted octanol–water partition coefficient (Wildman–Crippen LogP) is 1.09. The molecule has 0 aromatic heterocycles.